The molecule has 1 heterocycles. The number of hydrazine groups is 1. The SMILES string of the molecule is CCCc1c(NN)ncnc1NCC1(O)CCCCCC1. The molecule has 6 heteroatoms. The Hall–Kier alpha value is -1.40. The summed E-state index contributed by atoms with van der Waals surface area (Å²) in [6, 6.07) is 0. The topological polar surface area (TPSA) is 96.1 Å². The number of aliphatic hydroxyl groups is 1. The van der Waals surface area contributed by atoms with Crippen LogP contribution in [0.4, 0.5) is 11.6 Å². The molecule has 0 saturated heterocycles. The molecule has 1 fully saturated rings. The number of aromatic nitrogens is 2. The van der Waals surface area contributed by atoms with Crippen molar-refractivity contribution in [2.24, 2.45) is 5.84 Å². The van der Waals surface area contributed by atoms with Gasteiger partial charge in [-0.1, -0.05) is 39.0 Å². The molecule has 6 nitrogen and oxygen atoms in total. The molecule has 0 atom stereocenters. The van der Waals surface area contributed by atoms with Crippen molar-refractivity contribution in [2.45, 2.75) is 63.9 Å². The van der Waals surface area contributed by atoms with Gasteiger partial charge < -0.3 is 15.8 Å². The molecule has 118 valence electrons. The molecule has 0 radical (unpaired) electrons. The van der Waals surface area contributed by atoms with E-state index in [4.69, 9.17) is 5.84 Å². The minimum absolute atomic E-state index is 0.532. The van der Waals surface area contributed by atoms with Crippen LogP contribution in [0.25, 0.3) is 0 Å². The lowest BCUT2D eigenvalue weighted by atomic mass is 9.94. The summed E-state index contributed by atoms with van der Waals surface area (Å²) in [5, 5.41) is 14.0. The molecule has 21 heavy (non-hydrogen) atoms. The van der Waals surface area contributed by atoms with Crippen molar-refractivity contribution in [3.63, 3.8) is 0 Å². The molecule has 2 rings (SSSR count). The first-order valence-electron chi connectivity index (χ1n) is 7.95. The fourth-order valence-electron chi connectivity index (χ4n) is 2.99. The second kappa shape index (κ2) is 7.56. The third-order valence-electron chi connectivity index (χ3n) is 4.20. The zero-order valence-electron chi connectivity index (χ0n) is 12.9. The van der Waals surface area contributed by atoms with E-state index in [1.54, 1.807) is 0 Å². The molecule has 0 unspecified atom stereocenters. The van der Waals surface area contributed by atoms with Crippen molar-refractivity contribution >= 4 is 11.6 Å². The summed E-state index contributed by atoms with van der Waals surface area (Å²) in [7, 11) is 0. The third kappa shape index (κ3) is 4.28. The Morgan fingerprint density at radius 2 is 1.86 bits per heavy atom. The van der Waals surface area contributed by atoms with Gasteiger partial charge in [-0.2, -0.15) is 0 Å². The second-order valence-electron chi connectivity index (χ2n) is 5.94. The molecule has 1 saturated carbocycles. The summed E-state index contributed by atoms with van der Waals surface area (Å²) in [4.78, 5) is 8.47. The highest BCUT2D eigenvalue weighted by Gasteiger charge is 2.28. The molecule has 1 aliphatic carbocycles. The molecular formula is C15H27N5O. The van der Waals surface area contributed by atoms with Crippen molar-refractivity contribution in [3.05, 3.63) is 11.9 Å². The second-order valence-corrected chi connectivity index (χ2v) is 5.94. The summed E-state index contributed by atoms with van der Waals surface area (Å²) in [5.74, 6) is 6.95. The number of anilines is 2. The smallest absolute Gasteiger partial charge is 0.148 e. The van der Waals surface area contributed by atoms with Crippen LogP contribution >= 0.6 is 0 Å². The molecule has 0 aromatic carbocycles. The Labute approximate surface area is 126 Å². The van der Waals surface area contributed by atoms with Crippen molar-refractivity contribution < 1.29 is 5.11 Å². The number of rotatable bonds is 6. The molecule has 1 aromatic heterocycles. The lowest BCUT2D eigenvalue weighted by Crippen LogP contribution is -2.36. The highest BCUT2D eigenvalue weighted by atomic mass is 16.3. The third-order valence-corrected chi connectivity index (χ3v) is 4.20. The molecule has 5 N–H and O–H groups in total. The van der Waals surface area contributed by atoms with E-state index in [2.05, 4.69) is 27.6 Å². The normalized spacial score (nSPS) is 18.0. The predicted molar refractivity (Wildman–Crippen MR) is 85.0 cm³/mol. The van der Waals surface area contributed by atoms with Crippen LogP contribution in [0.1, 0.15) is 57.4 Å². The summed E-state index contributed by atoms with van der Waals surface area (Å²) in [6.45, 7) is 2.64. The van der Waals surface area contributed by atoms with E-state index >= 15 is 0 Å². The van der Waals surface area contributed by atoms with Gasteiger partial charge in [0.1, 0.15) is 18.0 Å². The summed E-state index contributed by atoms with van der Waals surface area (Å²) < 4.78 is 0. The average Bonchev–Trinajstić information content (AvgIpc) is 2.71. The van der Waals surface area contributed by atoms with Gasteiger partial charge in [-0.05, 0) is 19.3 Å². The minimum atomic E-state index is -0.624. The van der Waals surface area contributed by atoms with Gasteiger partial charge in [0.25, 0.3) is 0 Å². The summed E-state index contributed by atoms with van der Waals surface area (Å²) in [6.07, 6.45) is 9.68. The van der Waals surface area contributed by atoms with Crippen LogP contribution in [0.15, 0.2) is 6.33 Å². The lowest BCUT2D eigenvalue weighted by molar-refractivity contribution is 0.0380. The van der Waals surface area contributed by atoms with Gasteiger partial charge in [-0.15, -0.1) is 0 Å². The molecule has 0 spiro atoms. The maximum Gasteiger partial charge on any atom is 0.148 e. The zero-order valence-corrected chi connectivity index (χ0v) is 12.9. The minimum Gasteiger partial charge on any atom is -0.388 e. The van der Waals surface area contributed by atoms with Gasteiger partial charge in [-0.25, -0.2) is 15.8 Å². The van der Waals surface area contributed by atoms with Crippen LogP contribution in [0.2, 0.25) is 0 Å². The van der Waals surface area contributed by atoms with Crippen molar-refractivity contribution in [2.75, 3.05) is 17.3 Å². The predicted octanol–water partition coefficient (Wildman–Crippen LogP) is 2.21. The summed E-state index contributed by atoms with van der Waals surface area (Å²) >= 11 is 0. The number of hydrogen-bond donors (Lipinski definition) is 4. The highest BCUT2D eigenvalue weighted by molar-refractivity contribution is 5.57. The maximum absolute atomic E-state index is 10.7. The quantitative estimate of drug-likeness (QED) is 0.365. The van der Waals surface area contributed by atoms with Gasteiger partial charge in [0.15, 0.2) is 0 Å². The summed E-state index contributed by atoms with van der Waals surface area (Å²) in [5.41, 5.74) is 2.99. The van der Waals surface area contributed by atoms with Gasteiger partial charge in [0.05, 0.1) is 5.60 Å². The first-order valence-corrected chi connectivity index (χ1v) is 7.95. The van der Waals surface area contributed by atoms with Crippen molar-refractivity contribution in [3.8, 4) is 0 Å². The fourth-order valence-corrected chi connectivity index (χ4v) is 2.99. The molecule has 1 aliphatic rings. The van der Waals surface area contributed by atoms with Crippen molar-refractivity contribution in [1.82, 2.24) is 9.97 Å². The Morgan fingerprint density at radius 3 is 2.48 bits per heavy atom. The maximum atomic E-state index is 10.7. The lowest BCUT2D eigenvalue weighted by Gasteiger charge is -2.27. The van der Waals surface area contributed by atoms with E-state index in [9.17, 15) is 5.11 Å². The number of nitrogens with one attached hydrogen (secondary N) is 2. The zero-order chi connectivity index (χ0) is 15.1. The molecule has 1 aromatic rings. The van der Waals surface area contributed by atoms with Gasteiger partial charge in [0.2, 0.25) is 0 Å². The molecular weight excluding hydrogens is 266 g/mol. The Bertz CT molecular complexity index is 444. The monoisotopic (exact) mass is 293 g/mol. The van der Waals surface area contributed by atoms with Crippen LogP contribution in [0.5, 0.6) is 0 Å². The van der Waals surface area contributed by atoms with Crippen LogP contribution in [-0.2, 0) is 6.42 Å². The Balaban J connectivity index is 2.08. The van der Waals surface area contributed by atoms with Crippen LogP contribution < -0.4 is 16.6 Å². The Morgan fingerprint density at radius 1 is 1.19 bits per heavy atom. The van der Waals surface area contributed by atoms with E-state index in [-0.39, 0.29) is 0 Å². The first-order chi connectivity index (χ1) is 10.2. The van der Waals surface area contributed by atoms with E-state index < -0.39 is 5.60 Å². The molecule has 0 bridgehead atoms. The highest BCUT2D eigenvalue weighted by Crippen LogP contribution is 2.28. The van der Waals surface area contributed by atoms with E-state index in [1.807, 2.05) is 0 Å². The fraction of sp³-hybridized carbons (Fsp3) is 0.733. The first kappa shape index (κ1) is 16.0. The largest absolute Gasteiger partial charge is 0.388 e. The molecule has 0 amide bonds. The Kier molecular flexibility index (Phi) is 5.76. The number of hydrogen-bond acceptors (Lipinski definition) is 6. The van der Waals surface area contributed by atoms with Gasteiger partial charge in [-0.3, -0.25) is 0 Å². The van der Waals surface area contributed by atoms with Crippen LogP contribution in [0, 0.1) is 0 Å². The number of nitrogen functional groups attached to an aromatic ring is 1. The van der Waals surface area contributed by atoms with Crippen LogP contribution in [0.3, 0.4) is 0 Å². The number of nitrogens with two attached hydrogens (primary N) is 1. The average molecular weight is 293 g/mol. The van der Waals surface area contributed by atoms with Crippen LogP contribution in [-0.4, -0.2) is 27.2 Å². The standard InChI is InChI=1S/C15H27N5O/c1-2-7-12-13(18-11-19-14(12)20-16)17-10-15(21)8-5-3-4-6-9-15/h11,21H,2-10,16H2,1H3,(H2,17,18,19,20). The van der Waals surface area contributed by atoms with Gasteiger partial charge in [0, 0.05) is 12.1 Å². The number of nitrogens with zero attached hydrogens (tertiary/aromatic N) is 2. The van der Waals surface area contributed by atoms with Gasteiger partial charge >= 0.3 is 0 Å². The van der Waals surface area contributed by atoms with E-state index in [1.165, 1.54) is 19.2 Å². The van der Waals surface area contributed by atoms with E-state index in [0.717, 1.165) is 49.9 Å². The van der Waals surface area contributed by atoms with Crippen molar-refractivity contribution in [1.29, 1.82) is 0 Å². The molecule has 0 aliphatic heterocycles. The van der Waals surface area contributed by atoms with E-state index in [0.29, 0.717) is 12.4 Å².